The van der Waals surface area contributed by atoms with E-state index in [1.54, 1.807) is 6.20 Å². The van der Waals surface area contributed by atoms with E-state index in [-0.39, 0.29) is 18.4 Å². The molecule has 0 spiro atoms. The molecule has 5 heteroatoms. The molecule has 0 atom stereocenters. The van der Waals surface area contributed by atoms with Crippen LogP contribution in [-0.4, -0.2) is 27.5 Å². The molecule has 136 valence electrons. The van der Waals surface area contributed by atoms with Crippen molar-refractivity contribution in [2.45, 2.75) is 33.7 Å². The van der Waals surface area contributed by atoms with E-state index in [0.29, 0.717) is 11.1 Å². The lowest BCUT2D eigenvalue weighted by molar-refractivity contribution is 0.0476. The molecule has 0 amide bonds. The van der Waals surface area contributed by atoms with Crippen LogP contribution in [0.5, 0.6) is 0 Å². The number of ketones is 1. The maximum absolute atomic E-state index is 12.6. The Morgan fingerprint density at radius 1 is 1.12 bits per heavy atom. The molecule has 0 aliphatic rings. The number of hydrogen-bond acceptors (Lipinski definition) is 3. The first kappa shape index (κ1) is 18.0. The highest BCUT2D eigenvalue weighted by Gasteiger charge is 2.20. The molecule has 0 saturated heterocycles. The standard InChI is InChI=1S/C21H24N2O3/c1-13(2)23-14(3)10-17(15(23)4)20(24)12-26-21(25)18-11-22(5)19-9-7-6-8-16(18)19/h6-11,13H,12H2,1-5H3. The van der Waals surface area contributed by atoms with Crippen molar-refractivity contribution in [1.82, 2.24) is 9.13 Å². The van der Waals surface area contributed by atoms with Crippen molar-refractivity contribution in [3.8, 4) is 0 Å². The number of fused-ring (bicyclic) bond motifs is 1. The highest BCUT2D eigenvalue weighted by atomic mass is 16.5. The van der Waals surface area contributed by atoms with Crippen LogP contribution >= 0.6 is 0 Å². The van der Waals surface area contributed by atoms with Gasteiger partial charge in [0, 0.05) is 47.1 Å². The fourth-order valence-electron chi connectivity index (χ4n) is 3.64. The number of esters is 1. The molecule has 0 radical (unpaired) electrons. The molecule has 26 heavy (non-hydrogen) atoms. The average Bonchev–Trinajstić information content (AvgIpc) is 3.09. The third-order valence-corrected chi connectivity index (χ3v) is 4.75. The van der Waals surface area contributed by atoms with Crippen LogP contribution in [0.3, 0.4) is 0 Å². The van der Waals surface area contributed by atoms with Crippen molar-refractivity contribution in [2.75, 3.05) is 6.61 Å². The zero-order valence-corrected chi connectivity index (χ0v) is 15.9. The van der Waals surface area contributed by atoms with Crippen LogP contribution in [-0.2, 0) is 11.8 Å². The molecule has 0 unspecified atom stereocenters. The number of carbonyl (C=O) groups is 2. The second-order valence-electron chi connectivity index (χ2n) is 6.92. The Morgan fingerprint density at radius 3 is 2.46 bits per heavy atom. The van der Waals surface area contributed by atoms with Crippen molar-refractivity contribution in [3.05, 3.63) is 59.0 Å². The number of aryl methyl sites for hydroxylation is 2. The molecule has 0 bridgehead atoms. The van der Waals surface area contributed by atoms with Gasteiger partial charge in [-0.1, -0.05) is 18.2 Å². The Bertz CT molecular complexity index is 992. The lowest BCUT2D eigenvalue weighted by atomic mass is 10.1. The summed E-state index contributed by atoms with van der Waals surface area (Å²) in [6.07, 6.45) is 1.74. The Morgan fingerprint density at radius 2 is 1.81 bits per heavy atom. The van der Waals surface area contributed by atoms with Gasteiger partial charge in [-0.25, -0.2) is 4.79 Å². The van der Waals surface area contributed by atoms with Crippen molar-refractivity contribution in [3.63, 3.8) is 0 Å². The Labute approximate surface area is 153 Å². The number of benzene rings is 1. The van der Waals surface area contributed by atoms with Crippen LogP contribution < -0.4 is 0 Å². The minimum atomic E-state index is -0.479. The predicted molar refractivity (Wildman–Crippen MR) is 102 cm³/mol. The van der Waals surface area contributed by atoms with Gasteiger partial charge in [-0.15, -0.1) is 0 Å². The molecular weight excluding hydrogens is 328 g/mol. The third-order valence-electron chi connectivity index (χ3n) is 4.75. The molecule has 0 N–H and O–H groups in total. The summed E-state index contributed by atoms with van der Waals surface area (Å²) in [5.41, 5.74) is 3.97. The summed E-state index contributed by atoms with van der Waals surface area (Å²) < 4.78 is 9.31. The van der Waals surface area contributed by atoms with Gasteiger partial charge in [-0.3, -0.25) is 4.79 Å². The van der Waals surface area contributed by atoms with Crippen LogP contribution in [0.25, 0.3) is 10.9 Å². The SMILES string of the molecule is Cc1cc(C(=O)COC(=O)c2cn(C)c3ccccc23)c(C)n1C(C)C. The number of carbonyl (C=O) groups excluding carboxylic acids is 2. The first-order valence-electron chi connectivity index (χ1n) is 8.74. The minimum absolute atomic E-state index is 0.182. The van der Waals surface area contributed by atoms with Gasteiger partial charge >= 0.3 is 5.97 Å². The Balaban J connectivity index is 1.77. The van der Waals surface area contributed by atoms with Crippen LogP contribution in [0.1, 0.15) is 52.0 Å². The van der Waals surface area contributed by atoms with Crippen molar-refractivity contribution in [1.29, 1.82) is 0 Å². The van der Waals surface area contributed by atoms with Crippen LogP contribution in [0, 0.1) is 13.8 Å². The molecule has 0 aliphatic heterocycles. The normalized spacial score (nSPS) is 11.3. The zero-order valence-electron chi connectivity index (χ0n) is 15.9. The van der Waals surface area contributed by atoms with Gasteiger partial charge < -0.3 is 13.9 Å². The zero-order chi connectivity index (χ0) is 19.0. The summed E-state index contributed by atoms with van der Waals surface area (Å²) in [6, 6.07) is 9.76. The van der Waals surface area contributed by atoms with Gasteiger partial charge in [0.2, 0.25) is 5.78 Å². The van der Waals surface area contributed by atoms with E-state index >= 15 is 0 Å². The van der Waals surface area contributed by atoms with E-state index in [9.17, 15) is 9.59 Å². The predicted octanol–water partition coefficient (Wildman–Crippen LogP) is 4.22. The van der Waals surface area contributed by atoms with Gasteiger partial charge in [0.05, 0.1) is 5.56 Å². The number of para-hydroxylation sites is 1. The monoisotopic (exact) mass is 352 g/mol. The van der Waals surface area contributed by atoms with Crippen LogP contribution in [0.15, 0.2) is 36.5 Å². The maximum Gasteiger partial charge on any atom is 0.340 e. The van der Waals surface area contributed by atoms with Gasteiger partial charge in [0.1, 0.15) is 0 Å². The second-order valence-corrected chi connectivity index (χ2v) is 6.92. The fraction of sp³-hybridized carbons (Fsp3) is 0.333. The number of nitrogens with zero attached hydrogens (tertiary/aromatic N) is 2. The van der Waals surface area contributed by atoms with Crippen molar-refractivity contribution in [2.24, 2.45) is 7.05 Å². The number of hydrogen-bond donors (Lipinski definition) is 0. The van der Waals surface area contributed by atoms with E-state index in [1.165, 1.54) is 0 Å². The summed E-state index contributed by atoms with van der Waals surface area (Å²) in [7, 11) is 1.88. The maximum atomic E-state index is 12.6. The van der Waals surface area contributed by atoms with Gasteiger partial charge in [0.25, 0.3) is 0 Å². The van der Waals surface area contributed by atoms with Gasteiger partial charge in [0.15, 0.2) is 6.61 Å². The third kappa shape index (κ3) is 3.05. The van der Waals surface area contributed by atoms with E-state index in [2.05, 4.69) is 18.4 Å². The van der Waals surface area contributed by atoms with Crippen LogP contribution in [0.2, 0.25) is 0 Å². The van der Waals surface area contributed by atoms with E-state index < -0.39 is 5.97 Å². The number of rotatable bonds is 5. The summed E-state index contributed by atoms with van der Waals surface area (Å²) in [5.74, 6) is -0.661. The van der Waals surface area contributed by atoms with E-state index in [4.69, 9.17) is 4.74 Å². The summed E-state index contributed by atoms with van der Waals surface area (Å²) >= 11 is 0. The first-order chi connectivity index (χ1) is 12.3. The van der Waals surface area contributed by atoms with Crippen molar-refractivity contribution < 1.29 is 14.3 Å². The van der Waals surface area contributed by atoms with Crippen LogP contribution in [0.4, 0.5) is 0 Å². The van der Waals surface area contributed by atoms with E-state index in [0.717, 1.165) is 22.3 Å². The highest BCUT2D eigenvalue weighted by molar-refractivity contribution is 6.06. The molecule has 3 rings (SSSR count). The smallest absolute Gasteiger partial charge is 0.340 e. The molecule has 1 aromatic carbocycles. The second kappa shape index (κ2) is 6.83. The summed E-state index contributed by atoms with van der Waals surface area (Å²) in [4.78, 5) is 25.0. The molecule has 2 aromatic heterocycles. The molecule has 0 aliphatic carbocycles. The molecule has 3 aromatic rings. The quantitative estimate of drug-likeness (QED) is 0.510. The largest absolute Gasteiger partial charge is 0.454 e. The number of Topliss-reactive ketones (excluding diaryl/α,β-unsaturated/α-hetero) is 1. The molecule has 2 heterocycles. The molecule has 0 saturated carbocycles. The Kier molecular flexibility index (Phi) is 4.72. The Hall–Kier alpha value is -2.82. The average molecular weight is 352 g/mol. The summed E-state index contributed by atoms with van der Waals surface area (Å²) in [6.45, 7) is 7.80. The topological polar surface area (TPSA) is 53.2 Å². The summed E-state index contributed by atoms with van der Waals surface area (Å²) in [5, 5.41) is 0.824. The van der Waals surface area contributed by atoms with Gasteiger partial charge in [-0.2, -0.15) is 0 Å². The minimum Gasteiger partial charge on any atom is -0.454 e. The number of aromatic nitrogens is 2. The lowest BCUT2D eigenvalue weighted by Crippen LogP contribution is -2.15. The van der Waals surface area contributed by atoms with Gasteiger partial charge in [-0.05, 0) is 39.8 Å². The lowest BCUT2D eigenvalue weighted by Gasteiger charge is -2.13. The molecular formula is C21H24N2O3. The fourth-order valence-corrected chi connectivity index (χ4v) is 3.64. The first-order valence-corrected chi connectivity index (χ1v) is 8.74. The molecule has 0 fully saturated rings. The molecule has 5 nitrogen and oxygen atoms in total. The number of ether oxygens (including phenoxy) is 1. The van der Waals surface area contributed by atoms with E-state index in [1.807, 2.05) is 55.8 Å². The highest BCUT2D eigenvalue weighted by Crippen LogP contribution is 2.22. The van der Waals surface area contributed by atoms with Crippen molar-refractivity contribution >= 4 is 22.7 Å².